The van der Waals surface area contributed by atoms with E-state index in [9.17, 15) is 13.2 Å². The largest absolute Gasteiger partial charge is 0.486 e. The fourth-order valence-corrected chi connectivity index (χ4v) is 3.19. The molecule has 9 heteroatoms. The third-order valence-electron chi connectivity index (χ3n) is 3.86. The van der Waals surface area contributed by atoms with Crippen molar-refractivity contribution < 1.29 is 22.7 Å². The Bertz CT molecular complexity index is 856. The minimum absolute atomic E-state index is 0.224. The van der Waals surface area contributed by atoms with Crippen molar-refractivity contribution in [3.8, 4) is 5.75 Å². The molecule has 0 radical (unpaired) electrons. The number of amides is 1. The second-order valence-electron chi connectivity index (χ2n) is 5.90. The third-order valence-corrected chi connectivity index (χ3v) is 4.99. The van der Waals surface area contributed by atoms with Crippen molar-refractivity contribution in [3.63, 3.8) is 0 Å². The van der Waals surface area contributed by atoms with Crippen molar-refractivity contribution in [1.82, 2.24) is 14.9 Å². The van der Waals surface area contributed by atoms with E-state index in [0.717, 1.165) is 6.26 Å². The Morgan fingerprint density at radius 2 is 2.04 bits per heavy atom. The van der Waals surface area contributed by atoms with Crippen LogP contribution in [0.15, 0.2) is 47.8 Å². The van der Waals surface area contributed by atoms with Crippen LogP contribution in [-0.4, -0.2) is 67.9 Å². The molecule has 0 saturated carbocycles. The lowest BCUT2D eigenvalue weighted by Crippen LogP contribution is -2.40. The highest BCUT2D eigenvalue weighted by Gasteiger charge is 2.25. The van der Waals surface area contributed by atoms with Gasteiger partial charge in [-0.25, -0.2) is 13.4 Å². The Labute approximate surface area is 151 Å². The number of hydrogen-bond donors (Lipinski definition) is 0. The average molecular weight is 377 g/mol. The first-order valence-corrected chi connectivity index (χ1v) is 9.92. The van der Waals surface area contributed by atoms with Crippen molar-refractivity contribution in [2.45, 2.75) is 11.0 Å². The Kier molecular flexibility index (Phi) is 5.48. The SMILES string of the molecule is CS(=O)(=O)c1ccc(OC2COCCN(C(=O)c3cnccn3)C2)cc1. The van der Waals surface area contributed by atoms with Gasteiger partial charge in [-0.15, -0.1) is 0 Å². The normalized spacial score (nSPS) is 18.2. The van der Waals surface area contributed by atoms with E-state index in [2.05, 4.69) is 9.97 Å². The van der Waals surface area contributed by atoms with Gasteiger partial charge in [-0.2, -0.15) is 0 Å². The van der Waals surface area contributed by atoms with Gasteiger partial charge in [0.25, 0.3) is 5.91 Å². The number of benzene rings is 1. The van der Waals surface area contributed by atoms with Crippen LogP contribution >= 0.6 is 0 Å². The monoisotopic (exact) mass is 377 g/mol. The van der Waals surface area contributed by atoms with E-state index in [1.165, 1.54) is 30.7 Å². The number of hydrogen-bond acceptors (Lipinski definition) is 7. The predicted octanol–water partition coefficient (Wildman–Crippen LogP) is 0.800. The minimum Gasteiger partial charge on any atom is -0.486 e. The summed E-state index contributed by atoms with van der Waals surface area (Å²) in [6, 6.07) is 6.17. The molecule has 0 aliphatic carbocycles. The number of aromatic nitrogens is 2. The molecule has 1 aliphatic heterocycles. The number of rotatable bonds is 4. The van der Waals surface area contributed by atoms with E-state index in [0.29, 0.717) is 32.1 Å². The van der Waals surface area contributed by atoms with Crippen LogP contribution < -0.4 is 4.74 Å². The first-order valence-electron chi connectivity index (χ1n) is 8.03. The van der Waals surface area contributed by atoms with Crippen LogP contribution in [0.3, 0.4) is 0 Å². The zero-order valence-corrected chi connectivity index (χ0v) is 15.1. The van der Waals surface area contributed by atoms with E-state index < -0.39 is 9.84 Å². The minimum atomic E-state index is -3.26. The van der Waals surface area contributed by atoms with Crippen molar-refractivity contribution in [2.75, 3.05) is 32.6 Å². The molecular weight excluding hydrogens is 358 g/mol. The van der Waals surface area contributed by atoms with Crippen LogP contribution in [0.25, 0.3) is 0 Å². The lowest BCUT2D eigenvalue weighted by atomic mass is 10.3. The van der Waals surface area contributed by atoms with Gasteiger partial charge in [0, 0.05) is 25.2 Å². The second-order valence-corrected chi connectivity index (χ2v) is 7.92. The summed E-state index contributed by atoms with van der Waals surface area (Å²) in [6.45, 7) is 1.50. The summed E-state index contributed by atoms with van der Waals surface area (Å²) in [6.07, 6.45) is 5.18. The van der Waals surface area contributed by atoms with Gasteiger partial charge < -0.3 is 14.4 Å². The third kappa shape index (κ3) is 4.55. The summed E-state index contributed by atoms with van der Waals surface area (Å²) in [4.78, 5) is 22.3. The maximum absolute atomic E-state index is 12.6. The zero-order chi connectivity index (χ0) is 18.6. The quantitative estimate of drug-likeness (QED) is 0.777. The number of sulfone groups is 1. The van der Waals surface area contributed by atoms with Crippen molar-refractivity contribution in [3.05, 3.63) is 48.5 Å². The van der Waals surface area contributed by atoms with E-state index in [1.54, 1.807) is 17.0 Å². The molecule has 0 N–H and O–H groups in total. The molecule has 2 heterocycles. The Morgan fingerprint density at radius 1 is 1.27 bits per heavy atom. The highest BCUT2D eigenvalue weighted by atomic mass is 32.2. The van der Waals surface area contributed by atoms with Gasteiger partial charge in [0.05, 0.1) is 30.9 Å². The van der Waals surface area contributed by atoms with Gasteiger partial charge in [0.15, 0.2) is 9.84 Å². The van der Waals surface area contributed by atoms with Crippen molar-refractivity contribution >= 4 is 15.7 Å². The molecule has 1 aliphatic rings. The maximum Gasteiger partial charge on any atom is 0.274 e. The molecule has 0 bridgehead atoms. The molecule has 1 unspecified atom stereocenters. The van der Waals surface area contributed by atoms with Gasteiger partial charge in [-0.1, -0.05) is 0 Å². The summed E-state index contributed by atoms with van der Waals surface area (Å²) in [7, 11) is -3.26. The molecule has 26 heavy (non-hydrogen) atoms. The summed E-state index contributed by atoms with van der Waals surface area (Å²) in [5, 5.41) is 0. The molecule has 8 nitrogen and oxygen atoms in total. The van der Waals surface area contributed by atoms with Crippen LogP contribution in [0.2, 0.25) is 0 Å². The number of ether oxygens (including phenoxy) is 2. The van der Waals surface area contributed by atoms with Crippen molar-refractivity contribution in [2.24, 2.45) is 0 Å². The lowest BCUT2D eigenvalue weighted by molar-refractivity contribution is 0.0648. The van der Waals surface area contributed by atoms with E-state index in [4.69, 9.17) is 9.47 Å². The smallest absolute Gasteiger partial charge is 0.274 e. The topological polar surface area (TPSA) is 98.7 Å². The van der Waals surface area contributed by atoms with Crippen LogP contribution in [-0.2, 0) is 14.6 Å². The summed E-state index contributed by atoms with van der Waals surface area (Å²) in [5.74, 6) is 0.282. The van der Waals surface area contributed by atoms with Crippen LogP contribution in [0.5, 0.6) is 5.75 Å². The molecule has 1 amide bonds. The molecule has 2 aromatic rings. The maximum atomic E-state index is 12.6. The van der Waals surface area contributed by atoms with E-state index >= 15 is 0 Å². The zero-order valence-electron chi connectivity index (χ0n) is 14.2. The highest BCUT2D eigenvalue weighted by Crippen LogP contribution is 2.18. The molecule has 1 fully saturated rings. The molecule has 1 aromatic heterocycles. The molecule has 1 atom stereocenters. The van der Waals surface area contributed by atoms with Gasteiger partial charge in [0.1, 0.15) is 17.5 Å². The summed E-state index contributed by atoms with van der Waals surface area (Å²) >= 11 is 0. The molecule has 138 valence electrons. The molecular formula is C17H19N3O5S. The number of carbonyl (C=O) groups excluding carboxylic acids is 1. The fourth-order valence-electron chi connectivity index (χ4n) is 2.56. The number of carbonyl (C=O) groups is 1. The molecule has 1 saturated heterocycles. The number of nitrogens with zero attached hydrogens (tertiary/aromatic N) is 3. The standard InChI is InChI=1S/C17H19N3O5S/c1-26(22,23)15-4-2-13(3-5-15)25-14-11-20(8-9-24-12-14)17(21)16-10-18-6-7-19-16/h2-7,10,14H,8-9,11-12H2,1H3. The van der Waals surface area contributed by atoms with Gasteiger partial charge in [-0.05, 0) is 24.3 Å². The Balaban J connectivity index is 1.69. The van der Waals surface area contributed by atoms with Gasteiger partial charge in [-0.3, -0.25) is 9.78 Å². The second kappa shape index (κ2) is 7.79. The van der Waals surface area contributed by atoms with E-state index in [-0.39, 0.29) is 22.6 Å². The first kappa shape index (κ1) is 18.3. The Morgan fingerprint density at radius 3 is 2.69 bits per heavy atom. The Hall–Kier alpha value is -2.52. The highest BCUT2D eigenvalue weighted by molar-refractivity contribution is 7.90. The van der Waals surface area contributed by atoms with Crippen LogP contribution in [0.1, 0.15) is 10.5 Å². The van der Waals surface area contributed by atoms with E-state index in [1.807, 2.05) is 0 Å². The van der Waals surface area contributed by atoms with Crippen LogP contribution in [0.4, 0.5) is 0 Å². The predicted molar refractivity (Wildman–Crippen MR) is 92.7 cm³/mol. The summed E-state index contributed by atoms with van der Waals surface area (Å²) < 4.78 is 34.4. The molecule has 0 spiro atoms. The summed E-state index contributed by atoms with van der Waals surface area (Å²) in [5.41, 5.74) is 0.269. The first-order chi connectivity index (χ1) is 12.4. The van der Waals surface area contributed by atoms with Gasteiger partial charge in [0.2, 0.25) is 0 Å². The molecule has 3 rings (SSSR count). The average Bonchev–Trinajstić information content (AvgIpc) is 2.87. The van der Waals surface area contributed by atoms with Crippen molar-refractivity contribution in [1.29, 1.82) is 0 Å². The van der Waals surface area contributed by atoms with Crippen LogP contribution in [0, 0.1) is 0 Å². The lowest BCUT2D eigenvalue weighted by Gasteiger charge is -2.24. The van der Waals surface area contributed by atoms with Gasteiger partial charge >= 0.3 is 0 Å². The fraction of sp³-hybridized carbons (Fsp3) is 0.353. The molecule has 1 aromatic carbocycles.